The molecule has 0 bridgehead atoms. The number of sulfonamides is 1. The second kappa shape index (κ2) is 6.58. The SMILES string of the molecule is CN(Cc1cccnc1N(C)S(C)(=O)=O)c1ccnc(C#N)n1. The summed E-state index contributed by atoms with van der Waals surface area (Å²) in [4.78, 5) is 13.9. The summed E-state index contributed by atoms with van der Waals surface area (Å²) in [5.41, 5.74) is 0.722. The minimum Gasteiger partial charge on any atom is -0.355 e. The molecule has 0 saturated heterocycles. The first-order chi connectivity index (χ1) is 10.8. The van der Waals surface area contributed by atoms with E-state index in [-0.39, 0.29) is 5.82 Å². The monoisotopic (exact) mass is 332 g/mol. The van der Waals surface area contributed by atoms with Gasteiger partial charge in [0.1, 0.15) is 17.7 Å². The third-order valence-electron chi connectivity index (χ3n) is 3.20. The summed E-state index contributed by atoms with van der Waals surface area (Å²) in [7, 11) is -0.155. The third kappa shape index (κ3) is 3.92. The Morgan fingerprint density at radius 3 is 2.61 bits per heavy atom. The van der Waals surface area contributed by atoms with Gasteiger partial charge in [0.2, 0.25) is 15.8 Å². The van der Waals surface area contributed by atoms with Gasteiger partial charge in [-0.2, -0.15) is 5.26 Å². The van der Waals surface area contributed by atoms with Gasteiger partial charge in [0.25, 0.3) is 0 Å². The summed E-state index contributed by atoms with van der Waals surface area (Å²) < 4.78 is 24.6. The number of aromatic nitrogens is 3. The van der Waals surface area contributed by atoms with Crippen LogP contribution in [0.2, 0.25) is 0 Å². The maximum absolute atomic E-state index is 11.7. The van der Waals surface area contributed by atoms with Gasteiger partial charge in [-0.3, -0.25) is 4.31 Å². The molecule has 0 N–H and O–H groups in total. The van der Waals surface area contributed by atoms with E-state index in [1.165, 1.54) is 13.2 Å². The zero-order valence-corrected chi connectivity index (χ0v) is 13.8. The topological polar surface area (TPSA) is 103 Å². The van der Waals surface area contributed by atoms with Gasteiger partial charge in [0.15, 0.2) is 0 Å². The molecule has 9 heteroatoms. The summed E-state index contributed by atoms with van der Waals surface area (Å²) in [6.07, 6.45) is 4.17. The first-order valence-electron chi connectivity index (χ1n) is 6.65. The number of nitrogens with zero attached hydrogens (tertiary/aromatic N) is 6. The Morgan fingerprint density at radius 2 is 1.96 bits per heavy atom. The zero-order valence-electron chi connectivity index (χ0n) is 13.0. The Morgan fingerprint density at radius 1 is 1.22 bits per heavy atom. The van der Waals surface area contributed by atoms with Crippen molar-refractivity contribution in [2.75, 3.05) is 29.6 Å². The van der Waals surface area contributed by atoms with E-state index in [0.29, 0.717) is 18.2 Å². The molecule has 0 radical (unpaired) electrons. The van der Waals surface area contributed by atoms with Crippen molar-refractivity contribution in [3.8, 4) is 6.07 Å². The second-order valence-electron chi connectivity index (χ2n) is 4.92. The molecular weight excluding hydrogens is 316 g/mol. The zero-order chi connectivity index (χ0) is 17.0. The smallest absolute Gasteiger partial charge is 0.234 e. The lowest BCUT2D eigenvalue weighted by Crippen LogP contribution is -2.28. The summed E-state index contributed by atoms with van der Waals surface area (Å²) in [6.45, 7) is 0.380. The van der Waals surface area contributed by atoms with Gasteiger partial charge in [-0.05, 0) is 12.1 Å². The molecule has 2 heterocycles. The fourth-order valence-corrected chi connectivity index (χ4v) is 2.42. The van der Waals surface area contributed by atoms with Crippen LogP contribution in [-0.4, -0.2) is 43.7 Å². The van der Waals surface area contributed by atoms with Crippen LogP contribution in [0, 0.1) is 11.3 Å². The molecule has 0 saturated carbocycles. The van der Waals surface area contributed by atoms with Crippen molar-refractivity contribution in [2.45, 2.75) is 6.54 Å². The molecule has 0 aliphatic carbocycles. The third-order valence-corrected chi connectivity index (χ3v) is 4.37. The lowest BCUT2D eigenvalue weighted by molar-refractivity contribution is 0.599. The van der Waals surface area contributed by atoms with Crippen LogP contribution >= 0.6 is 0 Å². The molecular formula is C14H16N6O2S. The number of hydrogen-bond donors (Lipinski definition) is 0. The van der Waals surface area contributed by atoms with Crippen molar-refractivity contribution in [2.24, 2.45) is 0 Å². The summed E-state index contributed by atoms with van der Waals surface area (Å²) in [5, 5.41) is 8.86. The van der Waals surface area contributed by atoms with Crippen LogP contribution in [0.25, 0.3) is 0 Å². The molecule has 2 rings (SSSR count). The van der Waals surface area contributed by atoms with Crippen LogP contribution in [0.4, 0.5) is 11.6 Å². The fourth-order valence-electron chi connectivity index (χ4n) is 1.95. The molecule has 0 aliphatic heterocycles. The quantitative estimate of drug-likeness (QED) is 0.797. The lowest BCUT2D eigenvalue weighted by Gasteiger charge is -2.23. The van der Waals surface area contributed by atoms with Gasteiger partial charge in [-0.1, -0.05) is 6.07 Å². The average molecular weight is 332 g/mol. The first-order valence-corrected chi connectivity index (χ1v) is 8.50. The van der Waals surface area contributed by atoms with E-state index in [0.717, 1.165) is 16.1 Å². The molecule has 8 nitrogen and oxygen atoms in total. The van der Waals surface area contributed by atoms with Crippen LogP contribution < -0.4 is 9.21 Å². The largest absolute Gasteiger partial charge is 0.355 e. The second-order valence-corrected chi connectivity index (χ2v) is 6.94. The van der Waals surface area contributed by atoms with Crippen molar-refractivity contribution in [1.29, 1.82) is 5.26 Å². The minimum absolute atomic E-state index is 0.0778. The molecule has 23 heavy (non-hydrogen) atoms. The Hall–Kier alpha value is -2.73. The minimum atomic E-state index is -3.41. The number of nitriles is 1. The van der Waals surface area contributed by atoms with Gasteiger partial charge in [0, 0.05) is 38.6 Å². The number of pyridine rings is 1. The van der Waals surface area contributed by atoms with E-state index < -0.39 is 10.0 Å². The van der Waals surface area contributed by atoms with E-state index in [1.54, 1.807) is 36.3 Å². The number of anilines is 2. The molecule has 2 aromatic heterocycles. The van der Waals surface area contributed by atoms with Crippen LogP contribution in [0.3, 0.4) is 0 Å². The number of hydrogen-bond acceptors (Lipinski definition) is 7. The Bertz CT molecular complexity index is 846. The van der Waals surface area contributed by atoms with Crippen LogP contribution in [0.5, 0.6) is 0 Å². The van der Waals surface area contributed by atoms with E-state index in [4.69, 9.17) is 5.26 Å². The molecule has 0 aromatic carbocycles. The highest BCUT2D eigenvalue weighted by Gasteiger charge is 2.18. The molecule has 0 fully saturated rings. The van der Waals surface area contributed by atoms with Gasteiger partial charge in [-0.15, -0.1) is 0 Å². The lowest BCUT2D eigenvalue weighted by atomic mass is 10.2. The first kappa shape index (κ1) is 16.6. The van der Waals surface area contributed by atoms with E-state index >= 15 is 0 Å². The predicted molar refractivity (Wildman–Crippen MR) is 86.3 cm³/mol. The Balaban J connectivity index is 2.32. The normalized spacial score (nSPS) is 10.9. The molecule has 0 amide bonds. The molecule has 2 aromatic rings. The van der Waals surface area contributed by atoms with Crippen molar-refractivity contribution < 1.29 is 8.42 Å². The maximum atomic E-state index is 11.7. The molecule has 0 aliphatic rings. The van der Waals surface area contributed by atoms with Crippen LogP contribution in [0.15, 0.2) is 30.6 Å². The summed E-state index contributed by atoms with van der Waals surface area (Å²) >= 11 is 0. The molecule has 0 spiro atoms. The highest BCUT2D eigenvalue weighted by atomic mass is 32.2. The fraction of sp³-hybridized carbons (Fsp3) is 0.286. The van der Waals surface area contributed by atoms with Crippen LogP contribution in [0.1, 0.15) is 11.4 Å². The molecule has 0 unspecified atom stereocenters. The highest BCUT2D eigenvalue weighted by molar-refractivity contribution is 7.92. The van der Waals surface area contributed by atoms with Crippen LogP contribution in [-0.2, 0) is 16.6 Å². The maximum Gasteiger partial charge on any atom is 0.234 e. The van der Waals surface area contributed by atoms with Crippen molar-refractivity contribution in [3.05, 3.63) is 42.0 Å². The Labute approximate surface area is 135 Å². The van der Waals surface area contributed by atoms with Gasteiger partial charge in [0.05, 0.1) is 6.26 Å². The summed E-state index contributed by atoms with van der Waals surface area (Å²) in [5.74, 6) is 0.999. The van der Waals surface area contributed by atoms with Crippen molar-refractivity contribution in [1.82, 2.24) is 15.0 Å². The van der Waals surface area contributed by atoms with Gasteiger partial charge < -0.3 is 4.90 Å². The van der Waals surface area contributed by atoms with Crippen molar-refractivity contribution in [3.63, 3.8) is 0 Å². The predicted octanol–water partition coefficient (Wildman–Crippen LogP) is 0.775. The van der Waals surface area contributed by atoms with Gasteiger partial charge >= 0.3 is 0 Å². The molecule has 0 atom stereocenters. The standard InChI is InChI=1S/C14H16N6O2S/c1-19(13-6-8-16-12(9-15)18-13)10-11-5-4-7-17-14(11)20(2)23(3,21)22/h4-8H,10H2,1-3H3. The molecule has 120 valence electrons. The highest BCUT2D eigenvalue weighted by Crippen LogP contribution is 2.21. The average Bonchev–Trinajstić information content (AvgIpc) is 2.54. The van der Waals surface area contributed by atoms with E-state index in [2.05, 4.69) is 15.0 Å². The van der Waals surface area contributed by atoms with E-state index in [9.17, 15) is 8.42 Å². The Kier molecular flexibility index (Phi) is 4.76. The number of rotatable bonds is 5. The van der Waals surface area contributed by atoms with E-state index in [1.807, 2.05) is 6.07 Å². The van der Waals surface area contributed by atoms with Gasteiger partial charge in [-0.25, -0.2) is 23.4 Å². The van der Waals surface area contributed by atoms with Crippen molar-refractivity contribution >= 4 is 21.7 Å². The summed E-state index contributed by atoms with van der Waals surface area (Å²) in [6, 6.07) is 7.10.